The molecular weight excluding hydrogens is 435 g/mol. The van der Waals surface area contributed by atoms with Crippen LogP contribution in [0.5, 0.6) is 0 Å². The first kappa shape index (κ1) is 24.1. The maximum absolute atomic E-state index is 12.9. The normalized spacial score (nSPS) is 14.0. The minimum Gasteiger partial charge on any atom is -0.368 e. The molecule has 2 aromatic rings. The van der Waals surface area contributed by atoms with Crippen molar-refractivity contribution in [1.29, 1.82) is 0 Å². The summed E-state index contributed by atoms with van der Waals surface area (Å²) in [5.41, 5.74) is 0.936. The Hall–Kier alpha value is -3.53. The molecule has 1 aliphatic heterocycles. The van der Waals surface area contributed by atoms with Gasteiger partial charge >= 0.3 is 12.2 Å². The van der Waals surface area contributed by atoms with Crippen LogP contribution in [0.15, 0.2) is 61.2 Å². The SMILES string of the molecule is C=CCNCC(=O)Nc1ccc(N2CCN(C(=O)Nc3cccc(C(F)(F)F)c3)CC2)cc1. The molecule has 7 nitrogen and oxygen atoms in total. The second-order valence-corrected chi connectivity index (χ2v) is 7.50. The Labute approximate surface area is 190 Å². The van der Waals surface area contributed by atoms with Gasteiger partial charge in [0.25, 0.3) is 0 Å². The lowest BCUT2D eigenvalue weighted by Crippen LogP contribution is -2.50. The fourth-order valence-corrected chi connectivity index (χ4v) is 3.39. The number of anilines is 3. The molecule has 0 aliphatic carbocycles. The number of amides is 3. The molecule has 0 unspecified atom stereocenters. The van der Waals surface area contributed by atoms with Crippen molar-refractivity contribution >= 4 is 29.0 Å². The summed E-state index contributed by atoms with van der Waals surface area (Å²) in [6.07, 6.45) is -2.79. The zero-order chi connectivity index (χ0) is 23.8. The number of carbonyl (C=O) groups is 2. The third-order valence-electron chi connectivity index (χ3n) is 5.10. The summed E-state index contributed by atoms with van der Waals surface area (Å²) in [6, 6.07) is 11.6. The van der Waals surface area contributed by atoms with E-state index < -0.39 is 17.8 Å². The van der Waals surface area contributed by atoms with Crippen LogP contribution >= 0.6 is 0 Å². The van der Waals surface area contributed by atoms with E-state index >= 15 is 0 Å². The number of nitrogens with one attached hydrogen (secondary N) is 3. The summed E-state index contributed by atoms with van der Waals surface area (Å²) < 4.78 is 38.6. The highest BCUT2D eigenvalue weighted by Gasteiger charge is 2.30. The summed E-state index contributed by atoms with van der Waals surface area (Å²) in [5.74, 6) is -0.148. The van der Waals surface area contributed by atoms with E-state index in [1.165, 1.54) is 12.1 Å². The number of benzene rings is 2. The smallest absolute Gasteiger partial charge is 0.368 e. The van der Waals surface area contributed by atoms with E-state index in [4.69, 9.17) is 0 Å². The second-order valence-electron chi connectivity index (χ2n) is 7.50. The predicted molar refractivity (Wildman–Crippen MR) is 122 cm³/mol. The average Bonchev–Trinajstić information content (AvgIpc) is 2.79. The molecule has 10 heteroatoms. The van der Waals surface area contributed by atoms with Crippen molar-refractivity contribution in [3.63, 3.8) is 0 Å². The van der Waals surface area contributed by atoms with Gasteiger partial charge in [0, 0.05) is 49.8 Å². The zero-order valence-corrected chi connectivity index (χ0v) is 18.0. The van der Waals surface area contributed by atoms with Crippen molar-refractivity contribution in [3.8, 4) is 0 Å². The summed E-state index contributed by atoms with van der Waals surface area (Å²) in [4.78, 5) is 28.0. The van der Waals surface area contributed by atoms with E-state index in [0.29, 0.717) is 38.4 Å². The van der Waals surface area contributed by atoms with Crippen LogP contribution in [0.3, 0.4) is 0 Å². The minimum atomic E-state index is -4.47. The molecule has 0 spiro atoms. The molecule has 3 N–H and O–H groups in total. The van der Waals surface area contributed by atoms with Crippen LogP contribution in [0.4, 0.5) is 35.0 Å². The lowest BCUT2D eigenvalue weighted by molar-refractivity contribution is -0.137. The van der Waals surface area contributed by atoms with Gasteiger partial charge in [0.2, 0.25) is 5.91 Å². The maximum Gasteiger partial charge on any atom is 0.416 e. The molecule has 0 aromatic heterocycles. The molecule has 1 heterocycles. The molecule has 33 heavy (non-hydrogen) atoms. The number of piperazine rings is 1. The zero-order valence-electron chi connectivity index (χ0n) is 18.0. The van der Waals surface area contributed by atoms with Crippen LogP contribution in [0.25, 0.3) is 0 Å². The van der Waals surface area contributed by atoms with Crippen LogP contribution in [0.1, 0.15) is 5.56 Å². The highest BCUT2D eigenvalue weighted by atomic mass is 19.4. The summed E-state index contributed by atoms with van der Waals surface area (Å²) >= 11 is 0. The van der Waals surface area contributed by atoms with Gasteiger partial charge in [0.15, 0.2) is 0 Å². The maximum atomic E-state index is 12.9. The molecule has 3 rings (SSSR count). The number of hydrogen-bond donors (Lipinski definition) is 3. The summed E-state index contributed by atoms with van der Waals surface area (Å²) in [7, 11) is 0. The Bertz CT molecular complexity index is 971. The van der Waals surface area contributed by atoms with Crippen LogP contribution < -0.4 is 20.9 Å². The number of halogens is 3. The third-order valence-corrected chi connectivity index (χ3v) is 5.10. The van der Waals surface area contributed by atoms with E-state index in [1.807, 2.05) is 24.3 Å². The molecule has 3 amide bonds. The fourth-order valence-electron chi connectivity index (χ4n) is 3.39. The Morgan fingerprint density at radius 1 is 0.970 bits per heavy atom. The van der Waals surface area contributed by atoms with Crippen molar-refractivity contribution < 1.29 is 22.8 Å². The Kier molecular flexibility index (Phi) is 7.94. The lowest BCUT2D eigenvalue weighted by atomic mass is 10.2. The predicted octanol–water partition coefficient (Wildman–Crippen LogP) is 3.77. The molecule has 1 saturated heterocycles. The second kappa shape index (κ2) is 10.9. The van der Waals surface area contributed by atoms with Gasteiger partial charge in [0.05, 0.1) is 12.1 Å². The number of rotatable bonds is 7. The Morgan fingerprint density at radius 2 is 1.67 bits per heavy atom. The standard InChI is InChI=1S/C23H26F3N5O2/c1-2-10-27-16-21(32)28-18-6-8-20(9-7-18)30-11-13-31(14-12-30)22(33)29-19-5-3-4-17(15-19)23(24,25)26/h2-9,15,27H,1,10-14,16H2,(H,28,32)(H,29,33). The highest BCUT2D eigenvalue weighted by Crippen LogP contribution is 2.30. The van der Waals surface area contributed by atoms with Crippen LogP contribution in [0.2, 0.25) is 0 Å². The van der Waals surface area contributed by atoms with E-state index in [9.17, 15) is 22.8 Å². The quantitative estimate of drug-likeness (QED) is 0.433. The number of alkyl halides is 3. The molecule has 1 fully saturated rings. The van der Waals surface area contributed by atoms with Gasteiger partial charge in [-0.2, -0.15) is 13.2 Å². The van der Waals surface area contributed by atoms with Crippen LogP contribution in [-0.4, -0.2) is 56.1 Å². The molecular formula is C23H26F3N5O2. The van der Waals surface area contributed by atoms with E-state index in [1.54, 1.807) is 11.0 Å². The van der Waals surface area contributed by atoms with Gasteiger partial charge in [-0.1, -0.05) is 12.1 Å². The fraction of sp³-hybridized carbons (Fsp3) is 0.304. The number of urea groups is 1. The number of nitrogens with zero attached hydrogens (tertiary/aromatic N) is 2. The van der Waals surface area contributed by atoms with E-state index in [0.717, 1.165) is 17.8 Å². The van der Waals surface area contributed by atoms with E-state index in [-0.39, 0.29) is 18.1 Å². The molecule has 176 valence electrons. The molecule has 2 aromatic carbocycles. The van der Waals surface area contributed by atoms with Crippen molar-refractivity contribution in [1.82, 2.24) is 10.2 Å². The van der Waals surface area contributed by atoms with Gasteiger partial charge in [0.1, 0.15) is 0 Å². The molecule has 0 bridgehead atoms. The van der Waals surface area contributed by atoms with Gasteiger partial charge in [-0.15, -0.1) is 6.58 Å². The Balaban J connectivity index is 1.49. The highest BCUT2D eigenvalue weighted by molar-refractivity contribution is 5.92. The van der Waals surface area contributed by atoms with Gasteiger partial charge in [-0.3, -0.25) is 4.79 Å². The van der Waals surface area contributed by atoms with Crippen LogP contribution in [-0.2, 0) is 11.0 Å². The number of carbonyl (C=O) groups excluding carboxylic acids is 2. The van der Waals surface area contributed by atoms with Gasteiger partial charge in [-0.25, -0.2) is 4.79 Å². The first-order valence-electron chi connectivity index (χ1n) is 10.5. The lowest BCUT2D eigenvalue weighted by Gasteiger charge is -2.36. The third kappa shape index (κ3) is 6.98. The minimum absolute atomic E-state index is 0.106. The summed E-state index contributed by atoms with van der Waals surface area (Å²) in [5, 5.41) is 8.27. The number of hydrogen-bond acceptors (Lipinski definition) is 4. The first-order valence-corrected chi connectivity index (χ1v) is 10.5. The van der Waals surface area contributed by atoms with Crippen LogP contribution in [0, 0.1) is 0 Å². The van der Waals surface area contributed by atoms with Crippen molar-refractivity contribution in [2.45, 2.75) is 6.18 Å². The first-order chi connectivity index (χ1) is 15.8. The topological polar surface area (TPSA) is 76.7 Å². The molecule has 0 radical (unpaired) electrons. The van der Waals surface area contributed by atoms with Crippen molar-refractivity contribution in [2.75, 3.05) is 54.8 Å². The largest absolute Gasteiger partial charge is 0.416 e. The van der Waals surface area contributed by atoms with E-state index in [2.05, 4.69) is 27.4 Å². The Morgan fingerprint density at radius 3 is 2.30 bits per heavy atom. The molecule has 0 atom stereocenters. The average molecular weight is 461 g/mol. The monoisotopic (exact) mass is 461 g/mol. The van der Waals surface area contributed by atoms with Gasteiger partial charge in [-0.05, 0) is 42.5 Å². The summed E-state index contributed by atoms with van der Waals surface area (Å²) in [6.45, 7) is 6.33. The molecule has 1 aliphatic rings. The van der Waals surface area contributed by atoms with Crippen molar-refractivity contribution in [3.05, 3.63) is 66.7 Å². The van der Waals surface area contributed by atoms with Gasteiger partial charge < -0.3 is 25.8 Å². The molecule has 0 saturated carbocycles. The van der Waals surface area contributed by atoms with Crippen molar-refractivity contribution in [2.24, 2.45) is 0 Å².